The second-order valence-corrected chi connectivity index (χ2v) is 4.04. The van der Waals surface area contributed by atoms with E-state index in [1.54, 1.807) is 0 Å². The van der Waals surface area contributed by atoms with Crippen molar-refractivity contribution in [1.82, 2.24) is 4.72 Å². The van der Waals surface area contributed by atoms with Crippen molar-refractivity contribution in [3.05, 3.63) is 0 Å². The van der Waals surface area contributed by atoms with Gasteiger partial charge in [0.1, 0.15) is 0 Å². The van der Waals surface area contributed by atoms with E-state index in [1.165, 1.54) is 0 Å². The van der Waals surface area contributed by atoms with Crippen molar-refractivity contribution in [2.75, 3.05) is 18.2 Å². The zero-order valence-corrected chi connectivity index (χ0v) is 7.45. The highest BCUT2D eigenvalue weighted by atomic mass is 35.5. The molecule has 0 aliphatic carbocycles. The highest BCUT2D eigenvalue weighted by molar-refractivity contribution is 7.89. The topological polar surface area (TPSA) is 48.2 Å². The molecule has 0 amide bonds. The van der Waals surface area contributed by atoms with Crippen molar-refractivity contribution in [1.29, 1.82) is 0 Å². The SMILES string of the molecule is CCC[N]S(=O)(=O)CCCl. The van der Waals surface area contributed by atoms with Gasteiger partial charge in [-0.3, -0.25) is 0 Å². The van der Waals surface area contributed by atoms with Crippen LogP contribution >= 0.6 is 11.6 Å². The summed E-state index contributed by atoms with van der Waals surface area (Å²) in [6.45, 7) is 2.25. The van der Waals surface area contributed by atoms with Crippen LogP contribution in [0.3, 0.4) is 0 Å². The summed E-state index contributed by atoms with van der Waals surface area (Å²) in [4.78, 5) is 0. The number of alkyl halides is 1. The second-order valence-electron chi connectivity index (χ2n) is 1.83. The number of sulfonamides is 1. The van der Waals surface area contributed by atoms with E-state index in [0.29, 0.717) is 6.54 Å². The molecule has 61 valence electrons. The second kappa shape index (κ2) is 4.93. The van der Waals surface area contributed by atoms with Crippen LogP contribution in [-0.4, -0.2) is 26.6 Å². The Morgan fingerprint density at radius 2 is 2.10 bits per heavy atom. The molecule has 3 nitrogen and oxygen atoms in total. The van der Waals surface area contributed by atoms with Crippen LogP contribution in [0, 0.1) is 0 Å². The Balaban J connectivity index is 3.65. The molecule has 0 fully saturated rings. The smallest absolute Gasteiger partial charge is 0.211 e. The minimum Gasteiger partial charge on any atom is -0.211 e. The predicted octanol–water partition coefficient (Wildman–Crippen LogP) is 0.569. The fraction of sp³-hybridized carbons (Fsp3) is 1.00. The number of nitrogens with zero attached hydrogens (tertiary/aromatic N) is 1. The molecule has 0 aromatic carbocycles. The first-order valence-corrected chi connectivity index (χ1v) is 5.24. The molecular formula is C5H11ClNO2S. The zero-order valence-electron chi connectivity index (χ0n) is 5.88. The molecule has 0 unspecified atom stereocenters. The summed E-state index contributed by atoms with van der Waals surface area (Å²) >= 11 is 5.23. The van der Waals surface area contributed by atoms with Gasteiger partial charge in [0.15, 0.2) is 0 Å². The van der Waals surface area contributed by atoms with Crippen LogP contribution in [0.4, 0.5) is 0 Å². The van der Waals surface area contributed by atoms with Crippen molar-refractivity contribution in [2.45, 2.75) is 13.3 Å². The molecule has 0 saturated heterocycles. The summed E-state index contributed by atoms with van der Waals surface area (Å²) in [6, 6.07) is 0. The van der Waals surface area contributed by atoms with Gasteiger partial charge in [0.25, 0.3) is 0 Å². The molecule has 0 spiro atoms. The summed E-state index contributed by atoms with van der Waals surface area (Å²) in [6.07, 6.45) is 0.752. The van der Waals surface area contributed by atoms with E-state index in [-0.39, 0.29) is 11.6 Å². The van der Waals surface area contributed by atoms with Gasteiger partial charge in [-0.05, 0) is 6.42 Å². The van der Waals surface area contributed by atoms with Crippen LogP contribution in [0.25, 0.3) is 0 Å². The van der Waals surface area contributed by atoms with Crippen LogP contribution < -0.4 is 4.72 Å². The molecule has 0 N–H and O–H groups in total. The van der Waals surface area contributed by atoms with Crippen molar-refractivity contribution < 1.29 is 8.42 Å². The fourth-order valence-electron chi connectivity index (χ4n) is 0.392. The minimum absolute atomic E-state index is 0.0471. The molecule has 1 radical (unpaired) electrons. The Morgan fingerprint density at radius 1 is 1.50 bits per heavy atom. The molecule has 0 atom stereocenters. The van der Waals surface area contributed by atoms with E-state index in [4.69, 9.17) is 11.6 Å². The molecule has 0 bridgehead atoms. The number of hydrogen-bond acceptors (Lipinski definition) is 2. The zero-order chi connectivity index (χ0) is 8.04. The van der Waals surface area contributed by atoms with Crippen LogP contribution in [0.15, 0.2) is 0 Å². The summed E-state index contributed by atoms with van der Waals surface area (Å²) in [5.41, 5.74) is 0. The van der Waals surface area contributed by atoms with Gasteiger partial charge in [-0.25, -0.2) is 8.42 Å². The van der Waals surface area contributed by atoms with Gasteiger partial charge in [-0.2, -0.15) is 0 Å². The molecule has 0 saturated carbocycles. The minimum atomic E-state index is -3.20. The lowest BCUT2D eigenvalue weighted by molar-refractivity contribution is 0.580. The molecule has 0 aromatic rings. The molecule has 0 aliphatic rings. The third-order valence-corrected chi connectivity index (χ3v) is 2.56. The Hall–Kier alpha value is 0.200. The van der Waals surface area contributed by atoms with E-state index in [9.17, 15) is 8.42 Å². The van der Waals surface area contributed by atoms with E-state index in [0.717, 1.165) is 6.42 Å². The fourth-order valence-corrected chi connectivity index (χ4v) is 1.76. The van der Waals surface area contributed by atoms with Gasteiger partial charge < -0.3 is 0 Å². The maximum atomic E-state index is 10.7. The molecule has 0 heterocycles. The van der Waals surface area contributed by atoms with Gasteiger partial charge in [-0.15, -0.1) is 16.3 Å². The van der Waals surface area contributed by atoms with Crippen molar-refractivity contribution >= 4 is 21.6 Å². The van der Waals surface area contributed by atoms with Crippen molar-refractivity contribution in [3.8, 4) is 0 Å². The molecule has 0 aromatic heterocycles. The number of rotatable bonds is 5. The summed E-state index contributed by atoms with van der Waals surface area (Å²) in [5.74, 6) is 0.0735. The monoisotopic (exact) mass is 184 g/mol. The Labute approximate surface area is 66.8 Å². The molecule has 5 heteroatoms. The average molecular weight is 185 g/mol. The Kier molecular flexibility index (Phi) is 5.03. The Bertz CT molecular complexity index is 166. The van der Waals surface area contributed by atoms with Gasteiger partial charge in [0.2, 0.25) is 10.0 Å². The van der Waals surface area contributed by atoms with Gasteiger partial charge in [0.05, 0.1) is 5.75 Å². The first-order chi connectivity index (χ1) is 4.62. The molecule has 0 rings (SSSR count). The Morgan fingerprint density at radius 3 is 2.50 bits per heavy atom. The average Bonchev–Trinajstić information content (AvgIpc) is 1.84. The quantitative estimate of drug-likeness (QED) is 0.587. The lowest BCUT2D eigenvalue weighted by Gasteiger charge is -1.98. The maximum Gasteiger partial charge on any atom is 0.229 e. The van der Waals surface area contributed by atoms with Gasteiger partial charge in [-0.1, -0.05) is 6.92 Å². The first-order valence-electron chi connectivity index (χ1n) is 3.10. The van der Waals surface area contributed by atoms with E-state index in [2.05, 4.69) is 4.72 Å². The van der Waals surface area contributed by atoms with E-state index in [1.807, 2.05) is 6.92 Å². The van der Waals surface area contributed by atoms with Crippen LogP contribution in [0.1, 0.15) is 13.3 Å². The molecule has 10 heavy (non-hydrogen) atoms. The molecular weight excluding hydrogens is 174 g/mol. The van der Waals surface area contributed by atoms with E-state index < -0.39 is 10.0 Å². The van der Waals surface area contributed by atoms with Crippen molar-refractivity contribution in [2.24, 2.45) is 0 Å². The predicted molar refractivity (Wildman–Crippen MR) is 41.8 cm³/mol. The van der Waals surface area contributed by atoms with Crippen LogP contribution in [0.2, 0.25) is 0 Å². The lowest BCUT2D eigenvalue weighted by atomic mass is 10.5. The first kappa shape index (κ1) is 10.2. The van der Waals surface area contributed by atoms with Gasteiger partial charge >= 0.3 is 0 Å². The van der Waals surface area contributed by atoms with Gasteiger partial charge in [0, 0.05) is 12.4 Å². The van der Waals surface area contributed by atoms with Crippen molar-refractivity contribution in [3.63, 3.8) is 0 Å². The van der Waals surface area contributed by atoms with Crippen LogP contribution in [-0.2, 0) is 10.0 Å². The summed E-state index contributed by atoms with van der Waals surface area (Å²) in [5, 5.41) is 0. The lowest BCUT2D eigenvalue weighted by Crippen LogP contribution is -2.20. The van der Waals surface area contributed by atoms with E-state index >= 15 is 0 Å². The standard InChI is InChI=1S/C5H11ClNO2S/c1-2-4-7-10(8,9)5-3-6/h2-5H2,1H3. The number of hydrogen-bond donors (Lipinski definition) is 0. The normalized spacial score (nSPS) is 11.8. The summed E-state index contributed by atoms with van der Waals surface area (Å²) < 4.78 is 24.9. The largest absolute Gasteiger partial charge is 0.229 e. The third kappa shape index (κ3) is 5.02. The number of halogens is 1. The third-order valence-electron chi connectivity index (χ3n) is 0.847. The maximum absolute atomic E-state index is 10.7. The molecule has 0 aliphatic heterocycles. The highest BCUT2D eigenvalue weighted by Gasteiger charge is 2.08. The highest BCUT2D eigenvalue weighted by Crippen LogP contribution is 1.89. The van der Waals surface area contributed by atoms with Crippen LogP contribution in [0.5, 0.6) is 0 Å². The summed E-state index contributed by atoms with van der Waals surface area (Å²) in [7, 11) is -3.20.